The van der Waals surface area contributed by atoms with E-state index in [1.54, 1.807) is 7.05 Å². The first-order valence-corrected chi connectivity index (χ1v) is 9.98. The molecule has 5 heteroatoms. The monoisotopic (exact) mass is 395 g/mol. The summed E-state index contributed by atoms with van der Waals surface area (Å²) in [7, 11) is 5.69. The molecule has 156 valence electrons. The standard InChI is InChI=1S/C24H33N3O2/c1-15-8-9-21(16(2)10-15)24(29)26-14-20(27(6)7)13-22-17(3)11-19(12-18(22)4)23(28)25-5/h8-12,20H,13-14H2,1-7H3,(H,25,28)(H,26,29)/t20-/m0/s1. The number of hydrogen-bond acceptors (Lipinski definition) is 3. The Labute approximate surface area is 174 Å². The van der Waals surface area contributed by atoms with Crippen molar-refractivity contribution in [3.8, 4) is 0 Å². The van der Waals surface area contributed by atoms with E-state index >= 15 is 0 Å². The number of hydrogen-bond donors (Lipinski definition) is 2. The Morgan fingerprint density at radius 1 is 0.931 bits per heavy atom. The van der Waals surface area contributed by atoms with E-state index in [2.05, 4.69) is 15.5 Å². The van der Waals surface area contributed by atoms with Crippen LogP contribution in [0, 0.1) is 27.7 Å². The summed E-state index contributed by atoms with van der Waals surface area (Å²) in [6.07, 6.45) is 0.797. The van der Waals surface area contributed by atoms with Crippen molar-refractivity contribution in [3.05, 3.63) is 69.3 Å². The number of benzene rings is 2. The van der Waals surface area contributed by atoms with E-state index in [4.69, 9.17) is 0 Å². The molecule has 2 aromatic carbocycles. The predicted octanol–water partition coefficient (Wildman–Crippen LogP) is 3.18. The van der Waals surface area contributed by atoms with Crippen LogP contribution >= 0.6 is 0 Å². The molecule has 0 aromatic heterocycles. The third-order valence-corrected chi connectivity index (χ3v) is 5.48. The maximum Gasteiger partial charge on any atom is 0.251 e. The Morgan fingerprint density at radius 3 is 2.07 bits per heavy atom. The van der Waals surface area contributed by atoms with Crippen LogP contribution < -0.4 is 10.6 Å². The summed E-state index contributed by atoms with van der Waals surface area (Å²) in [5.74, 6) is -0.120. The first kappa shape index (κ1) is 22.6. The molecule has 2 N–H and O–H groups in total. The molecular weight excluding hydrogens is 362 g/mol. The molecule has 0 radical (unpaired) electrons. The Kier molecular flexibility index (Phi) is 7.57. The van der Waals surface area contributed by atoms with Crippen LogP contribution in [0.4, 0.5) is 0 Å². The van der Waals surface area contributed by atoms with Crippen LogP contribution in [0.25, 0.3) is 0 Å². The van der Waals surface area contributed by atoms with Gasteiger partial charge in [-0.2, -0.15) is 0 Å². The molecule has 0 heterocycles. The van der Waals surface area contributed by atoms with Crippen LogP contribution in [0.2, 0.25) is 0 Å². The van der Waals surface area contributed by atoms with Crippen LogP contribution in [0.15, 0.2) is 30.3 Å². The fraction of sp³-hybridized carbons (Fsp3) is 0.417. The van der Waals surface area contributed by atoms with Gasteiger partial charge in [-0.25, -0.2) is 0 Å². The number of likely N-dealkylation sites (N-methyl/N-ethyl adjacent to an activating group) is 1. The highest BCUT2D eigenvalue weighted by Gasteiger charge is 2.18. The maximum atomic E-state index is 12.7. The summed E-state index contributed by atoms with van der Waals surface area (Å²) in [6, 6.07) is 9.89. The molecule has 0 fully saturated rings. The van der Waals surface area contributed by atoms with Gasteiger partial charge < -0.3 is 15.5 Å². The van der Waals surface area contributed by atoms with Crippen molar-refractivity contribution < 1.29 is 9.59 Å². The highest BCUT2D eigenvalue weighted by atomic mass is 16.2. The van der Waals surface area contributed by atoms with Gasteiger partial charge >= 0.3 is 0 Å². The molecule has 0 aliphatic heterocycles. The second-order valence-corrected chi connectivity index (χ2v) is 8.02. The van der Waals surface area contributed by atoms with Crippen LogP contribution in [-0.2, 0) is 6.42 Å². The summed E-state index contributed by atoms with van der Waals surface area (Å²) >= 11 is 0. The summed E-state index contributed by atoms with van der Waals surface area (Å²) in [5, 5.41) is 5.77. The lowest BCUT2D eigenvalue weighted by Crippen LogP contribution is -2.42. The van der Waals surface area contributed by atoms with Gasteiger partial charge in [-0.3, -0.25) is 9.59 Å². The molecule has 0 spiro atoms. The molecule has 29 heavy (non-hydrogen) atoms. The summed E-state index contributed by atoms with van der Waals surface area (Å²) in [5.41, 5.74) is 6.94. The minimum atomic E-state index is -0.0763. The topological polar surface area (TPSA) is 61.4 Å². The van der Waals surface area contributed by atoms with E-state index in [0.29, 0.717) is 12.1 Å². The number of nitrogens with zero attached hydrogens (tertiary/aromatic N) is 1. The number of rotatable bonds is 7. The molecule has 5 nitrogen and oxygen atoms in total. The first-order chi connectivity index (χ1) is 13.6. The summed E-state index contributed by atoms with van der Waals surface area (Å²) < 4.78 is 0. The van der Waals surface area contributed by atoms with Crippen LogP contribution in [0.5, 0.6) is 0 Å². The van der Waals surface area contributed by atoms with Crippen LogP contribution in [-0.4, -0.2) is 50.4 Å². The molecule has 0 saturated heterocycles. The number of carbonyl (C=O) groups is 2. The van der Waals surface area contributed by atoms with Crippen LogP contribution in [0.1, 0.15) is 48.5 Å². The van der Waals surface area contributed by atoms with E-state index in [-0.39, 0.29) is 17.9 Å². The van der Waals surface area contributed by atoms with Gasteiger partial charge in [-0.1, -0.05) is 17.7 Å². The second-order valence-electron chi connectivity index (χ2n) is 8.02. The van der Waals surface area contributed by atoms with Gasteiger partial charge in [-0.15, -0.1) is 0 Å². The highest BCUT2D eigenvalue weighted by Crippen LogP contribution is 2.20. The lowest BCUT2D eigenvalue weighted by Gasteiger charge is -2.26. The third kappa shape index (κ3) is 5.67. The number of aryl methyl sites for hydroxylation is 4. The van der Waals surface area contributed by atoms with E-state index < -0.39 is 0 Å². The average molecular weight is 396 g/mol. The number of carbonyl (C=O) groups excluding carboxylic acids is 2. The lowest BCUT2D eigenvalue weighted by atomic mass is 9.93. The second kappa shape index (κ2) is 9.70. The van der Waals surface area contributed by atoms with Crippen molar-refractivity contribution in [2.45, 2.75) is 40.2 Å². The van der Waals surface area contributed by atoms with Crippen molar-refractivity contribution in [1.82, 2.24) is 15.5 Å². The van der Waals surface area contributed by atoms with Gasteiger partial charge in [0.15, 0.2) is 0 Å². The molecule has 0 aliphatic rings. The third-order valence-electron chi connectivity index (χ3n) is 5.48. The SMILES string of the molecule is CNC(=O)c1cc(C)c(C[C@@H](CNC(=O)c2ccc(C)cc2C)N(C)C)c(C)c1. The van der Waals surface area contributed by atoms with Crippen molar-refractivity contribution >= 4 is 11.8 Å². The van der Waals surface area contributed by atoms with Gasteiger partial charge in [0.2, 0.25) is 0 Å². The average Bonchev–Trinajstić information content (AvgIpc) is 2.65. The molecule has 0 aliphatic carbocycles. The predicted molar refractivity (Wildman–Crippen MR) is 119 cm³/mol. The molecule has 2 amide bonds. The van der Waals surface area contributed by atoms with Crippen molar-refractivity contribution in [2.75, 3.05) is 27.7 Å². The van der Waals surface area contributed by atoms with Gasteiger partial charge in [0.1, 0.15) is 0 Å². The zero-order valence-corrected chi connectivity index (χ0v) is 18.6. The van der Waals surface area contributed by atoms with E-state index in [9.17, 15) is 9.59 Å². The van der Waals surface area contributed by atoms with Crippen LogP contribution in [0.3, 0.4) is 0 Å². The number of nitrogens with one attached hydrogen (secondary N) is 2. The number of amides is 2. The Balaban J connectivity index is 2.14. The van der Waals surface area contributed by atoms with E-state index in [1.807, 2.05) is 72.1 Å². The zero-order chi connectivity index (χ0) is 21.7. The Hall–Kier alpha value is -2.66. The van der Waals surface area contributed by atoms with E-state index in [1.165, 1.54) is 5.56 Å². The molecule has 2 aromatic rings. The van der Waals surface area contributed by atoms with Gasteiger partial charge in [0, 0.05) is 30.8 Å². The van der Waals surface area contributed by atoms with Crippen molar-refractivity contribution in [2.24, 2.45) is 0 Å². The molecule has 2 rings (SSSR count). The minimum Gasteiger partial charge on any atom is -0.355 e. The van der Waals surface area contributed by atoms with E-state index in [0.717, 1.165) is 34.2 Å². The molecule has 0 unspecified atom stereocenters. The van der Waals surface area contributed by atoms with Gasteiger partial charge in [0.25, 0.3) is 11.8 Å². The largest absolute Gasteiger partial charge is 0.355 e. The summed E-state index contributed by atoms with van der Waals surface area (Å²) in [6.45, 7) is 8.61. The smallest absolute Gasteiger partial charge is 0.251 e. The molecular formula is C24H33N3O2. The Bertz CT molecular complexity index is 880. The van der Waals surface area contributed by atoms with Gasteiger partial charge in [0.05, 0.1) is 0 Å². The first-order valence-electron chi connectivity index (χ1n) is 9.98. The van der Waals surface area contributed by atoms with Gasteiger partial charge in [-0.05, 0) is 88.7 Å². The summed E-state index contributed by atoms with van der Waals surface area (Å²) in [4.78, 5) is 26.8. The van der Waals surface area contributed by atoms with Crippen molar-refractivity contribution in [3.63, 3.8) is 0 Å². The minimum absolute atomic E-state index is 0.0437. The fourth-order valence-electron chi connectivity index (χ4n) is 3.64. The molecule has 1 atom stereocenters. The highest BCUT2D eigenvalue weighted by molar-refractivity contribution is 5.95. The fourth-order valence-corrected chi connectivity index (χ4v) is 3.64. The Morgan fingerprint density at radius 2 is 1.55 bits per heavy atom. The molecule has 0 bridgehead atoms. The molecule has 0 saturated carbocycles. The van der Waals surface area contributed by atoms with Crippen molar-refractivity contribution in [1.29, 1.82) is 0 Å². The lowest BCUT2D eigenvalue weighted by molar-refractivity contribution is 0.0938. The maximum absolute atomic E-state index is 12.7. The zero-order valence-electron chi connectivity index (χ0n) is 18.6. The normalized spacial score (nSPS) is 12.0. The quantitative estimate of drug-likeness (QED) is 0.757.